The molecule has 0 saturated heterocycles. The minimum atomic E-state index is 0.00121. The van der Waals surface area contributed by atoms with Gasteiger partial charge in [-0.1, -0.05) is 6.92 Å². The molecule has 0 unspecified atom stereocenters. The molecule has 3 heterocycles. The standard InChI is InChI=1S/C17H22N4O2/c1-3-4-16-19-14-6-8-21(11-13(14)17(22)20-16)10-12-9-18-7-5-15(12)23-2/h5,7,9H,3-4,6,8,10-11H2,1-2H3,(H,19,20,22). The number of ether oxygens (including phenoxy) is 1. The highest BCUT2D eigenvalue weighted by molar-refractivity contribution is 5.30. The van der Waals surface area contributed by atoms with E-state index in [1.807, 2.05) is 12.3 Å². The van der Waals surface area contributed by atoms with Gasteiger partial charge in [-0.3, -0.25) is 14.7 Å². The summed E-state index contributed by atoms with van der Waals surface area (Å²) < 4.78 is 5.38. The second-order valence-electron chi connectivity index (χ2n) is 5.84. The van der Waals surface area contributed by atoms with Gasteiger partial charge in [-0.2, -0.15) is 0 Å². The van der Waals surface area contributed by atoms with E-state index in [2.05, 4.69) is 26.8 Å². The van der Waals surface area contributed by atoms with E-state index in [1.165, 1.54) is 0 Å². The third-order valence-electron chi connectivity index (χ3n) is 4.16. The van der Waals surface area contributed by atoms with Crippen molar-refractivity contribution in [2.24, 2.45) is 0 Å². The highest BCUT2D eigenvalue weighted by Crippen LogP contribution is 2.21. The van der Waals surface area contributed by atoms with Gasteiger partial charge in [0, 0.05) is 50.4 Å². The first-order chi connectivity index (χ1) is 11.2. The number of aromatic amines is 1. The Morgan fingerprint density at radius 1 is 1.43 bits per heavy atom. The molecule has 0 amide bonds. The maximum Gasteiger partial charge on any atom is 0.255 e. The maximum atomic E-state index is 12.3. The molecule has 1 aliphatic rings. The average molecular weight is 314 g/mol. The summed E-state index contributed by atoms with van der Waals surface area (Å²) in [7, 11) is 1.66. The highest BCUT2D eigenvalue weighted by Gasteiger charge is 2.22. The van der Waals surface area contributed by atoms with Gasteiger partial charge in [0.15, 0.2) is 0 Å². The fraction of sp³-hybridized carbons (Fsp3) is 0.471. The second-order valence-corrected chi connectivity index (χ2v) is 5.84. The summed E-state index contributed by atoms with van der Waals surface area (Å²) in [5, 5.41) is 0. The molecule has 2 aromatic heterocycles. The van der Waals surface area contributed by atoms with Crippen LogP contribution >= 0.6 is 0 Å². The predicted molar refractivity (Wildman–Crippen MR) is 87.5 cm³/mol. The number of rotatable bonds is 5. The number of nitrogens with zero attached hydrogens (tertiary/aromatic N) is 3. The van der Waals surface area contributed by atoms with Gasteiger partial charge in [-0.15, -0.1) is 0 Å². The lowest BCUT2D eigenvalue weighted by Gasteiger charge is -2.28. The van der Waals surface area contributed by atoms with Crippen molar-refractivity contribution in [3.8, 4) is 5.75 Å². The smallest absolute Gasteiger partial charge is 0.255 e. The topological polar surface area (TPSA) is 71.1 Å². The van der Waals surface area contributed by atoms with Crippen molar-refractivity contribution in [2.45, 2.75) is 39.3 Å². The Morgan fingerprint density at radius 2 is 2.30 bits per heavy atom. The molecule has 0 aliphatic carbocycles. The maximum absolute atomic E-state index is 12.3. The Balaban J connectivity index is 1.79. The van der Waals surface area contributed by atoms with Crippen LogP contribution in [0, 0.1) is 0 Å². The molecule has 0 radical (unpaired) electrons. The van der Waals surface area contributed by atoms with E-state index in [0.717, 1.165) is 54.2 Å². The normalized spacial score (nSPS) is 14.5. The molecule has 6 heteroatoms. The van der Waals surface area contributed by atoms with E-state index in [-0.39, 0.29) is 5.56 Å². The monoisotopic (exact) mass is 314 g/mol. The molecule has 122 valence electrons. The number of aryl methyl sites for hydroxylation is 1. The summed E-state index contributed by atoms with van der Waals surface area (Å²) in [5.74, 6) is 1.63. The first-order valence-corrected chi connectivity index (χ1v) is 8.01. The number of fused-ring (bicyclic) bond motifs is 1. The molecule has 0 spiro atoms. The quantitative estimate of drug-likeness (QED) is 0.909. The van der Waals surface area contributed by atoms with E-state index >= 15 is 0 Å². The number of nitrogens with one attached hydrogen (secondary N) is 1. The average Bonchev–Trinajstić information content (AvgIpc) is 2.56. The molecule has 1 aliphatic heterocycles. The molecule has 0 aromatic carbocycles. The van der Waals surface area contributed by atoms with Gasteiger partial charge in [0.25, 0.3) is 5.56 Å². The second kappa shape index (κ2) is 6.91. The fourth-order valence-corrected chi connectivity index (χ4v) is 3.00. The molecule has 23 heavy (non-hydrogen) atoms. The number of H-pyrrole nitrogens is 1. The van der Waals surface area contributed by atoms with E-state index in [9.17, 15) is 4.79 Å². The number of hydrogen-bond acceptors (Lipinski definition) is 5. The lowest BCUT2D eigenvalue weighted by Crippen LogP contribution is -2.35. The van der Waals surface area contributed by atoms with Crippen LogP contribution < -0.4 is 10.3 Å². The van der Waals surface area contributed by atoms with Gasteiger partial charge in [0.2, 0.25) is 0 Å². The van der Waals surface area contributed by atoms with E-state index in [4.69, 9.17) is 4.74 Å². The van der Waals surface area contributed by atoms with E-state index in [1.54, 1.807) is 13.3 Å². The number of aromatic nitrogens is 3. The molecule has 0 fully saturated rings. The lowest BCUT2D eigenvalue weighted by molar-refractivity contribution is 0.237. The summed E-state index contributed by atoms with van der Waals surface area (Å²) in [6, 6.07) is 1.86. The molecule has 1 N–H and O–H groups in total. The highest BCUT2D eigenvalue weighted by atomic mass is 16.5. The first kappa shape index (κ1) is 15.7. The van der Waals surface area contributed by atoms with E-state index < -0.39 is 0 Å². The molecular formula is C17H22N4O2. The van der Waals surface area contributed by atoms with Crippen molar-refractivity contribution in [1.82, 2.24) is 19.9 Å². The summed E-state index contributed by atoms with van der Waals surface area (Å²) in [5.41, 5.74) is 2.78. The Labute approximate surface area is 135 Å². The first-order valence-electron chi connectivity index (χ1n) is 8.01. The Hall–Kier alpha value is -2.21. The van der Waals surface area contributed by atoms with Crippen LogP contribution in [0.1, 0.15) is 36.0 Å². The summed E-state index contributed by atoms with van der Waals surface area (Å²) in [6.45, 7) is 4.30. The van der Waals surface area contributed by atoms with Gasteiger partial charge in [0.1, 0.15) is 11.6 Å². The predicted octanol–water partition coefficient (Wildman–Crippen LogP) is 1.68. The van der Waals surface area contributed by atoms with Gasteiger partial charge >= 0.3 is 0 Å². The molecule has 0 saturated carbocycles. The van der Waals surface area contributed by atoms with Gasteiger partial charge in [0.05, 0.1) is 18.4 Å². The summed E-state index contributed by atoms with van der Waals surface area (Å²) >= 11 is 0. The van der Waals surface area contributed by atoms with Crippen molar-refractivity contribution in [3.63, 3.8) is 0 Å². The van der Waals surface area contributed by atoms with Gasteiger partial charge < -0.3 is 9.72 Å². The number of pyridine rings is 1. The minimum absolute atomic E-state index is 0.00121. The molecule has 0 bridgehead atoms. The van der Waals surface area contributed by atoms with Crippen LogP contribution in [0.2, 0.25) is 0 Å². The molecule has 0 atom stereocenters. The zero-order chi connectivity index (χ0) is 16.2. The molecule has 3 rings (SSSR count). The van der Waals surface area contributed by atoms with Crippen LogP contribution in [0.4, 0.5) is 0 Å². The zero-order valence-electron chi connectivity index (χ0n) is 13.6. The Bertz CT molecular complexity index is 742. The van der Waals surface area contributed by atoms with Crippen molar-refractivity contribution >= 4 is 0 Å². The van der Waals surface area contributed by atoms with Crippen LogP contribution in [0.3, 0.4) is 0 Å². The van der Waals surface area contributed by atoms with Crippen molar-refractivity contribution in [3.05, 3.63) is 51.5 Å². The fourth-order valence-electron chi connectivity index (χ4n) is 3.00. The van der Waals surface area contributed by atoms with E-state index in [0.29, 0.717) is 13.1 Å². The van der Waals surface area contributed by atoms with Crippen LogP contribution in [0.5, 0.6) is 5.75 Å². The SMILES string of the molecule is CCCc1nc2c(c(=O)[nH]1)CN(Cc1cnccc1OC)CC2. The lowest BCUT2D eigenvalue weighted by atomic mass is 10.1. The number of hydrogen-bond donors (Lipinski definition) is 1. The molecule has 2 aromatic rings. The van der Waals surface area contributed by atoms with Crippen LogP contribution in [-0.4, -0.2) is 33.5 Å². The number of methoxy groups -OCH3 is 1. The van der Waals surface area contributed by atoms with Crippen LogP contribution in [0.25, 0.3) is 0 Å². The Morgan fingerprint density at radius 3 is 3.09 bits per heavy atom. The Kier molecular flexibility index (Phi) is 4.71. The van der Waals surface area contributed by atoms with Crippen molar-refractivity contribution in [2.75, 3.05) is 13.7 Å². The third kappa shape index (κ3) is 3.42. The minimum Gasteiger partial charge on any atom is -0.496 e. The molecule has 6 nitrogen and oxygen atoms in total. The van der Waals surface area contributed by atoms with Crippen molar-refractivity contribution in [1.29, 1.82) is 0 Å². The van der Waals surface area contributed by atoms with Crippen LogP contribution in [-0.2, 0) is 25.9 Å². The molecular weight excluding hydrogens is 292 g/mol. The van der Waals surface area contributed by atoms with Crippen LogP contribution in [0.15, 0.2) is 23.3 Å². The van der Waals surface area contributed by atoms with Gasteiger partial charge in [-0.25, -0.2) is 4.98 Å². The largest absolute Gasteiger partial charge is 0.496 e. The third-order valence-corrected chi connectivity index (χ3v) is 4.16. The summed E-state index contributed by atoms with van der Waals surface area (Å²) in [6.07, 6.45) is 6.14. The van der Waals surface area contributed by atoms with Crippen molar-refractivity contribution < 1.29 is 4.74 Å². The summed E-state index contributed by atoms with van der Waals surface area (Å²) in [4.78, 5) is 26.3. The van der Waals surface area contributed by atoms with Gasteiger partial charge in [-0.05, 0) is 12.5 Å². The zero-order valence-corrected chi connectivity index (χ0v) is 13.6.